The summed E-state index contributed by atoms with van der Waals surface area (Å²) < 4.78 is 6.53. The summed E-state index contributed by atoms with van der Waals surface area (Å²) >= 11 is 3.47. The summed E-state index contributed by atoms with van der Waals surface area (Å²) in [5.41, 5.74) is 3.60. The smallest absolute Gasteiger partial charge is 0.123 e. The second kappa shape index (κ2) is 6.91. The molecule has 2 nitrogen and oxygen atoms in total. The van der Waals surface area contributed by atoms with Crippen molar-refractivity contribution in [1.29, 1.82) is 0 Å². The monoisotopic (exact) mass is 333 g/mol. The van der Waals surface area contributed by atoms with Crippen molar-refractivity contribution in [3.8, 4) is 16.9 Å². The zero-order chi connectivity index (χ0) is 14.5. The van der Waals surface area contributed by atoms with Gasteiger partial charge in [0.25, 0.3) is 0 Å². The third kappa shape index (κ3) is 3.84. The molecule has 20 heavy (non-hydrogen) atoms. The van der Waals surface area contributed by atoms with Crippen LogP contribution in [-0.2, 0) is 6.54 Å². The summed E-state index contributed by atoms with van der Waals surface area (Å²) in [7, 11) is 1.72. The van der Waals surface area contributed by atoms with Gasteiger partial charge in [0.05, 0.1) is 7.11 Å². The molecule has 0 spiro atoms. The molecule has 0 saturated carbocycles. The molecule has 1 N–H and O–H groups in total. The number of methoxy groups -OCH3 is 1. The van der Waals surface area contributed by atoms with Crippen molar-refractivity contribution in [1.82, 2.24) is 5.32 Å². The third-order valence-corrected chi connectivity index (χ3v) is 3.69. The number of nitrogens with one attached hydrogen (secondary N) is 1. The third-order valence-electron chi connectivity index (χ3n) is 3.16. The molecule has 106 valence electrons. The maximum absolute atomic E-state index is 5.44. The molecule has 0 bridgehead atoms. The second-order valence-corrected chi connectivity index (χ2v) is 5.98. The molecule has 0 radical (unpaired) electrons. The van der Waals surface area contributed by atoms with Crippen LogP contribution in [0.15, 0.2) is 46.9 Å². The highest BCUT2D eigenvalue weighted by Gasteiger charge is 2.06. The number of rotatable bonds is 5. The lowest BCUT2D eigenvalue weighted by molar-refractivity contribution is 0.406. The van der Waals surface area contributed by atoms with Gasteiger partial charge in [-0.3, -0.25) is 0 Å². The summed E-state index contributed by atoms with van der Waals surface area (Å²) in [5.74, 6) is 0.930. The molecule has 2 aromatic rings. The van der Waals surface area contributed by atoms with Gasteiger partial charge in [-0.1, -0.05) is 48.0 Å². The lowest BCUT2D eigenvalue weighted by atomic mass is 10.0. The molecule has 0 fully saturated rings. The van der Waals surface area contributed by atoms with Crippen LogP contribution in [0.25, 0.3) is 11.1 Å². The number of ether oxygens (including phenoxy) is 1. The van der Waals surface area contributed by atoms with Gasteiger partial charge >= 0.3 is 0 Å². The van der Waals surface area contributed by atoms with Gasteiger partial charge in [0.2, 0.25) is 0 Å². The summed E-state index contributed by atoms with van der Waals surface area (Å²) in [4.78, 5) is 0. The minimum Gasteiger partial charge on any atom is -0.496 e. The van der Waals surface area contributed by atoms with Crippen molar-refractivity contribution in [3.05, 3.63) is 52.5 Å². The largest absolute Gasteiger partial charge is 0.496 e. The highest BCUT2D eigenvalue weighted by molar-refractivity contribution is 9.10. The zero-order valence-corrected chi connectivity index (χ0v) is 13.7. The summed E-state index contributed by atoms with van der Waals surface area (Å²) in [6, 6.07) is 15.1. The first kappa shape index (κ1) is 15.1. The molecule has 2 rings (SSSR count). The van der Waals surface area contributed by atoms with E-state index in [4.69, 9.17) is 4.74 Å². The second-order valence-electron chi connectivity index (χ2n) is 5.07. The van der Waals surface area contributed by atoms with E-state index in [1.54, 1.807) is 7.11 Å². The van der Waals surface area contributed by atoms with Crippen molar-refractivity contribution in [2.75, 3.05) is 7.11 Å². The Hall–Kier alpha value is -1.32. The Labute approximate surface area is 129 Å². The van der Waals surface area contributed by atoms with Gasteiger partial charge < -0.3 is 10.1 Å². The van der Waals surface area contributed by atoms with Gasteiger partial charge in [0, 0.05) is 22.6 Å². The maximum Gasteiger partial charge on any atom is 0.123 e. The van der Waals surface area contributed by atoms with E-state index in [1.807, 2.05) is 6.07 Å². The van der Waals surface area contributed by atoms with E-state index in [2.05, 4.69) is 71.5 Å². The van der Waals surface area contributed by atoms with E-state index < -0.39 is 0 Å². The topological polar surface area (TPSA) is 21.3 Å². The molecule has 0 saturated heterocycles. The quantitative estimate of drug-likeness (QED) is 0.861. The van der Waals surface area contributed by atoms with Crippen molar-refractivity contribution in [2.24, 2.45) is 0 Å². The Morgan fingerprint density at radius 2 is 1.70 bits per heavy atom. The summed E-state index contributed by atoms with van der Waals surface area (Å²) in [5, 5.41) is 3.44. The van der Waals surface area contributed by atoms with E-state index in [1.165, 1.54) is 16.7 Å². The molecule has 2 aromatic carbocycles. The van der Waals surface area contributed by atoms with Gasteiger partial charge in [0.15, 0.2) is 0 Å². The molecule has 0 amide bonds. The standard InChI is InChI=1S/C17H20BrNO/c1-12(2)19-11-15-10-14(6-9-17(15)20-3)13-4-7-16(18)8-5-13/h4-10,12,19H,11H2,1-3H3. The van der Waals surface area contributed by atoms with Gasteiger partial charge in [-0.05, 0) is 35.4 Å². The molecule has 0 atom stereocenters. The van der Waals surface area contributed by atoms with E-state index in [0.717, 1.165) is 16.8 Å². The van der Waals surface area contributed by atoms with Crippen LogP contribution in [0, 0.1) is 0 Å². The van der Waals surface area contributed by atoms with Crippen LogP contribution in [0.4, 0.5) is 0 Å². The van der Waals surface area contributed by atoms with Crippen LogP contribution in [0.5, 0.6) is 5.75 Å². The Kier molecular flexibility index (Phi) is 5.21. The van der Waals surface area contributed by atoms with Crippen LogP contribution in [0.3, 0.4) is 0 Å². The molecule has 3 heteroatoms. The van der Waals surface area contributed by atoms with E-state index >= 15 is 0 Å². The normalized spacial score (nSPS) is 10.8. The first-order valence-electron chi connectivity index (χ1n) is 6.76. The summed E-state index contributed by atoms with van der Waals surface area (Å²) in [6.07, 6.45) is 0. The molecular formula is C17H20BrNO. The Bertz CT molecular complexity index is 564. The molecule has 0 unspecified atom stereocenters. The first-order chi connectivity index (χ1) is 9.60. The minimum absolute atomic E-state index is 0.455. The zero-order valence-electron chi connectivity index (χ0n) is 12.1. The Balaban J connectivity index is 2.31. The van der Waals surface area contributed by atoms with Crippen molar-refractivity contribution < 1.29 is 4.74 Å². The number of benzene rings is 2. The fourth-order valence-electron chi connectivity index (χ4n) is 2.05. The van der Waals surface area contributed by atoms with Crippen molar-refractivity contribution >= 4 is 15.9 Å². The lowest BCUT2D eigenvalue weighted by Crippen LogP contribution is -2.22. The summed E-state index contributed by atoms with van der Waals surface area (Å²) in [6.45, 7) is 5.10. The molecular weight excluding hydrogens is 314 g/mol. The van der Waals surface area contributed by atoms with Gasteiger partial charge in [-0.25, -0.2) is 0 Å². The molecule has 0 aliphatic heterocycles. The average molecular weight is 334 g/mol. The molecule has 0 aliphatic rings. The first-order valence-corrected chi connectivity index (χ1v) is 7.55. The lowest BCUT2D eigenvalue weighted by Gasteiger charge is -2.13. The van der Waals surface area contributed by atoms with Crippen LogP contribution in [-0.4, -0.2) is 13.2 Å². The van der Waals surface area contributed by atoms with Gasteiger partial charge in [0.1, 0.15) is 5.75 Å². The maximum atomic E-state index is 5.44. The number of hydrogen-bond donors (Lipinski definition) is 1. The Morgan fingerprint density at radius 1 is 1.05 bits per heavy atom. The number of halogens is 1. The van der Waals surface area contributed by atoms with Gasteiger partial charge in [-0.2, -0.15) is 0 Å². The van der Waals surface area contributed by atoms with Crippen LogP contribution in [0.1, 0.15) is 19.4 Å². The van der Waals surface area contributed by atoms with Crippen molar-refractivity contribution in [2.45, 2.75) is 26.4 Å². The fraction of sp³-hybridized carbons (Fsp3) is 0.294. The van der Waals surface area contributed by atoms with E-state index in [0.29, 0.717) is 6.04 Å². The van der Waals surface area contributed by atoms with Gasteiger partial charge in [-0.15, -0.1) is 0 Å². The van der Waals surface area contributed by atoms with E-state index in [-0.39, 0.29) is 0 Å². The average Bonchev–Trinajstić information content (AvgIpc) is 2.45. The highest BCUT2D eigenvalue weighted by atomic mass is 79.9. The predicted octanol–water partition coefficient (Wildman–Crippen LogP) is 4.62. The molecule has 0 aliphatic carbocycles. The number of hydrogen-bond acceptors (Lipinski definition) is 2. The van der Waals surface area contributed by atoms with Crippen LogP contribution < -0.4 is 10.1 Å². The Morgan fingerprint density at radius 3 is 2.30 bits per heavy atom. The van der Waals surface area contributed by atoms with Crippen LogP contribution in [0.2, 0.25) is 0 Å². The van der Waals surface area contributed by atoms with Crippen LogP contribution >= 0.6 is 15.9 Å². The SMILES string of the molecule is COc1ccc(-c2ccc(Br)cc2)cc1CNC(C)C. The highest BCUT2D eigenvalue weighted by Crippen LogP contribution is 2.27. The minimum atomic E-state index is 0.455. The fourth-order valence-corrected chi connectivity index (χ4v) is 2.32. The predicted molar refractivity (Wildman–Crippen MR) is 88.1 cm³/mol. The molecule has 0 heterocycles. The van der Waals surface area contributed by atoms with Crippen molar-refractivity contribution in [3.63, 3.8) is 0 Å². The van der Waals surface area contributed by atoms with E-state index in [9.17, 15) is 0 Å². The molecule has 0 aromatic heterocycles.